The number of nitrogen functional groups attached to an aromatic ring is 1. The summed E-state index contributed by atoms with van der Waals surface area (Å²) in [6.45, 7) is 12.5. The zero-order valence-electron chi connectivity index (χ0n) is 11.6. The smallest absolute Gasteiger partial charge is 0.0390 e. The van der Waals surface area contributed by atoms with Gasteiger partial charge in [0.25, 0.3) is 0 Å². The van der Waals surface area contributed by atoms with Crippen LogP contribution in [0.4, 0.5) is 11.4 Å². The summed E-state index contributed by atoms with van der Waals surface area (Å²) in [6, 6.07) is 6.06. The molecule has 2 rings (SSSR count). The molecule has 1 saturated carbocycles. The molecular formula is C15H24N2. The molecule has 0 aromatic heterocycles. The van der Waals surface area contributed by atoms with Gasteiger partial charge in [-0.3, -0.25) is 0 Å². The number of nitrogens with two attached hydrogens (primary N) is 1. The number of nitrogens with one attached hydrogen (secondary N) is 1. The fraction of sp³-hybridized carbons (Fsp3) is 0.600. The molecule has 0 spiro atoms. The molecule has 17 heavy (non-hydrogen) atoms. The second-order valence-corrected chi connectivity index (χ2v) is 6.40. The van der Waals surface area contributed by atoms with Crippen LogP contribution in [0, 0.1) is 23.7 Å². The van der Waals surface area contributed by atoms with E-state index in [1.54, 1.807) is 0 Å². The molecule has 0 saturated heterocycles. The molecule has 94 valence electrons. The van der Waals surface area contributed by atoms with E-state index < -0.39 is 0 Å². The minimum absolute atomic E-state index is 0.439. The zero-order valence-corrected chi connectivity index (χ0v) is 11.6. The van der Waals surface area contributed by atoms with Crippen molar-refractivity contribution in [2.75, 3.05) is 17.6 Å². The van der Waals surface area contributed by atoms with Crippen molar-refractivity contribution >= 4 is 11.4 Å². The molecule has 0 aliphatic heterocycles. The van der Waals surface area contributed by atoms with Crippen molar-refractivity contribution in [2.45, 2.75) is 34.6 Å². The van der Waals surface area contributed by atoms with Crippen LogP contribution in [0.3, 0.4) is 0 Å². The molecule has 2 nitrogen and oxygen atoms in total. The lowest BCUT2D eigenvalue weighted by atomic mass is 10.0. The Bertz CT molecular complexity index is 419. The monoisotopic (exact) mass is 232 g/mol. The lowest BCUT2D eigenvalue weighted by Crippen LogP contribution is -2.09. The second-order valence-electron chi connectivity index (χ2n) is 6.40. The van der Waals surface area contributed by atoms with Crippen LogP contribution < -0.4 is 11.1 Å². The van der Waals surface area contributed by atoms with Crippen LogP contribution in [-0.4, -0.2) is 6.54 Å². The number of hydrogen-bond donors (Lipinski definition) is 2. The summed E-state index contributed by atoms with van der Waals surface area (Å²) < 4.78 is 0. The van der Waals surface area contributed by atoms with E-state index in [1.165, 1.54) is 5.69 Å². The number of hydrogen-bond acceptors (Lipinski definition) is 2. The normalized spacial score (nSPS) is 21.2. The molecule has 0 bridgehead atoms. The number of benzene rings is 1. The first kappa shape index (κ1) is 12.3. The molecular weight excluding hydrogens is 208 g/mol. The topological polar surface area (TPSA) is 38.0 Å². The average Bonchev–Trinajstić information content (AvgIpc) is 2.61. The van der Waals surface area contributed by atoms with Crippen LogP contribution in [-0.2, 0) is 0 Å². The first-order valence-corrected chi connectivity index (χ1v) is 6.37. The average molecular weight is 232 g/mol. The Morgan fingerprint density at radius 1 is 1.18 bits per heavy atom. The fourth-order valence-corrected chi connectivity index (χ4v) is 2.90. The van der Waals surface area contributed by atoms with Crippen LogP contribution in [0.5, 0.6) is 0 Å². The van der Waals surface area contributed by atoms with E-state index in [9.17, 15) is 0 Å². The third-order valence-corrected chi connectivity index (χ3v) is 5.19. The van der Waals surface area contributed by atoms with Crippen molar-refractivity contribution in [3.05, 3.63) is 23.8 Å². The third-order valence-electron chi connectivity index (χ3n) is 5.19. The van der Waals surface area contributed by atoms with Gasteiger partial charge < -0.3 is 11.1 Å². The van der Waals surface area contributed by atoms with E-state index in [2.05, 4.69) is 46.0 Å². The van der Waals surface area contributed by atoms with E-state index in [0.29, 0.717) is 10.8 Å². The molecule has 0 radical (unpaired) electrons. The Hall–Kier alpha value is -1.18. The van der Waals surface area contributed by atoms with E-state index in [4.69, 9.17) is 5.73 Å². The summed E-state index contributed by atoms with van der Waals surface area (Å²) in [5, 5.41) is 3.55. The van der Waals surface area contributed by atoms with Crippen LogP contribution in [0.15, 0.2) is 18.2 Å². The highest BCUT2D eigenvalue weighted by atomic mass is 14.9. The Balaban J connectivity index is 2.03. The summed E-state index contributed by atoms with van der Waals surface area (Å²) in [5.74, 6) is 0.732. The molecule has 1 aromatic carbocycles. The molecule has 0 amide bonds. The quantitative estimate of drug-likeness (QED) is 0.780. The van der Waals surface area contributed by atoms with Gasteiger partial charge in [-0.05, 0) is 41.4 Å². The van der Waals surface area contributed by atoms with Crippen molar-refractivity contribution in [1.82, 2.24) is 0 Å². The lowest BCUT2D eigenvalue weighted by molar-refractivity contribution is 0.457. The van der Waals surface area contributed by atoms with Gasteiger partial charge in [0.15, 0.2) is 0 Å². The van der Waals surface area contributed by atoms with Gasteiger partial charge in [0.2, 0.25) is 0 Å². The zero-order chi connectivity index (χ0) is 12.8. The highest BCUT2D eigenvalue weighted by molar-refractivity contribution is 5.62. The largest absolute Gasteiger partial charge is 0.398 e. The molecule has 0 atom stereocenters. The minimum atomic E-state index is 0.439. The van der Waals surface area contributed by atoms with E-state index in [0.717, 1.165) is 23.7 Å². The van der Waals surface area contributed by atoms with Gasteiger partial charge in [-0.1, -0.05) is 33.8 Å². The summed E-state index contributed by atoms with van der Waals surface area (Å²) in [4.78, 5) is 0. The molecule has 3 N–H and O–H groups in total. The molecule has 2 heteroatoms. The van der Waals surface area contributed by atoms with Crippen LogP contribution in [0.1, 0.15) is 33.3 Å². The first-order chi connectivity index (χ1) is 7.78. The van der Waals surface area contributed by atoms with Crippen molar-refractivity contribution in [3.8, 4) is 0 Å². The van der Waals surface area contributed by atoms with Gasteiger partial charge in [0.1, 0.15) is 0 Å². The maximum atomic E-state index is 5.91. The Morgan fingerprint density at radius 2 is 1.76 bits per heavy atom. The molecule has 0 unspecified atom stereocenters. The Labute approximate surface area is 105 Å². The fourth-order valence-electron chi connectivity index (χ4n) is 2.90. The van der Waals surface area contributed by atoms with Gasteiger partial charge >= 0.3 is 0 Å². The third kappa shape index (κ3) is 1.80. The standard InChI is InChI=1S/C15H24N2/c1-10-11(16)7-6-8-12(10)17-9-13-14(2,3)15(13,4)5/h6-8,13,17H,9,16H2,1-5H3. The summed E-state index contributed by atoms with van der Waals surface area (Å²) >= 11 is 0. The highest BCUT2D eigenvalue weighted by Crippen LogP contribution is 2.68. The lowest BCUT2D eigenvalue weighted by Gasteiger charge is -2.12. The Morgan fingerprint density at radius 3 is 2.29 bits per heavy atom. The van der Waals surface area contributed by atoms with E-state index in [-0.39, 0.29) is 0 Å². The number of rotatable bonds is 3. The van der Waals surface area contributed by atoms with Gasteiger partial charge in [-0.15, -0.1) is 0 Å². The molecule has 1 fully saturated rings. The van der Waals surface area contributed by atoms with Crippen molar-refractivity contribution in [3.63, 3.8) is 0 Å². The van der Waals surface area contributed by atoms with Crippen LogP contribution in [0.2, 0.25) is 0 Å². The minimum Gasteiger partial charge on any atom is -0.398 e. The predicted octanol–water partition coefficient (Wildman–Crippen LogP) is 3.67. The molecule has 1 aliphatic carbocycles. The van der Waals surface area contributed by atoms with E-state index in [1.807, 2.05) is 12.1 Å². The first-order valence-electron chi connectivity index (χ1n) is 6.37. The van der Waals surface area contributed by atoms with Gasteiger partial charge in [-0.25, -0.2) is 0 Å². The summed E-state index contributed by atoms with van der Waals surface area (Å²) in [6.07, 6.45) is 0. The molecule has 1 aromatic rings. The van der Waals surface area contributed by atoms with Crippen molar-refractivity contribution < 1.29 is 0 Å². The molecule has 1 aliphatic rings. The number of anilines is 2. The molecule has 0 heterocycles. The van der Waals surface area contributed by atoms with Crippen molar-refractivity contribution in [2.24, 2.45) is 16.7 Å². The van der Waals surface area contributed by atoms with Crippen LogP contribution >= 0.6 is 0 Å². The Kier molecular flexibility index (Phi) is 2.64. The SMILES string of the molecule is Cc1c(N)cccc1NCC1C(C)(C)C1(C)C. The summed E-state index contributed by atoms with van der Waals surface area (Å²) in [5.41, 5.74) is 9.98. The van der Waals surface area contributed by atoms with Gasteiger partial charge in [0, 0.05) is 17.9 Å². The van der Waals surface area contributed by atoms with Crippen molar-refractivity contribution in [1.29, 1.82) is 0 Å². The predicted molar refractivity (Wildman–Crippen MR) is 75.1 cm³/mol. The van der Waals surface area contributed by atoms with E-state index >= 15 is 0 Å². The summed E-state index contributed by atoms with van der Waals surface area (Å²) in [7, 11) is 0. The maximum Gasteiger partial charge on any atom is 0.0390 e. The second kappa shape index (κ2) is 3.66. The van der Waals surface area contributed by atoms with Crippen LogP contribution in [0.25, 0.3) is 0 Å². The van der Waals surface area contributed by atoms with Gasteiger partial charge in [-0.2, -0.15) is 0 Å². The van der Waals surface area contributed by atoms with Gasteiger partial charge in [0.05, 0.1) is 0 Å². The highest BCUT2D eigenvalue weighted by Gasteiger charge is 2.63. The maximum absolute atomic E-state index is 5.91.